The molecule has 1 atom stereocenters. The summed E-state index contributed by atoms with van der Waals surface area (Å²) >= 11 is 0. The quantitative estimate of drug-likeness (QED) is 0.716. The highest BCUT2D eigenvalue weighted by Crippen LogP contribution is 2.25. The van der Waals surface area contributed by atoms with E-state index in [1.54, 1.807) is 0 Å². The molecule has 1 amide bonds. The number of likely N-dealkylation sites (tertiary alicyclic amines) is 1. The molecule has 1 aliphatic rings. The van der Waals surface area contributed by atoms with Crippen molar-refractivity contribution in [3.8, 4) is 0 Å². The van der Waals surface area contributed by atoms with Crippen molar-refractivity contribution in [2.45, 2.75) is 52.1 Å². The van der Waals surface area contributed by atoms with E-state index >= 15 is 0 Å². The standard InChI is InChI=1S/C17H30N4O2/c1-13(2)23-9-5-7-18-17(22)12-21-8-4-6-15(11-21)16-10-14(3)19-20-16/h10,13,15H,4-9,11-12H2,1-3H3,(H,18,22)(H,19,20). The number of aromatic amines is 1. The van der Waals surface area contributed by atoms with Gasteiger partial charge in [0.15, 0.2) is 0 Å². The lowest BCUT2D eigenvalue weighted by molar-refractivity contribution is -0.122. The highest BCUT2D eigenvalue weighted by atomic mass is 16.5. The molecular formula is C17H30N4O2. The van der Waals surface area contributed by atoms with Crippen LogP contribution in [0.1, 0.15) is 50.4 Å². The maximum Gasteiger partial charge on any atom is 0.234 e. The Hall–Kier alpha value is -1.40. The van der Waals surface area contributed by atoms with E-state index in [0.717, 1.165) is 43.7 Å². The van der Waals surface area contributed by atoms with Crippen LogP contribution < -0.4 is 5.32 Å². The monoisotopic (exact) mass is 322 g/mol. The van der Waals surface area contributed by atoms with Crippen LogP contribution in [0, 0.1) is 6.92 Å². The first-order valence-electron chi connectivity index (χ1n) is 8.67. The number of aryl methyl sites for hydroxylation is 1. The van der Waals surface area contributed by atoms with Crippen LogP contribution in [0.4, 0.5) is 0 Å². The van der Waals surface area contributed by atoms with Crippen LogP contribution in [0.25, 0.3) is 0 Å². The topological polar surface area (TPSA) is 70.2 Å². The number of rotatable bonds is 8. The minimum atomic E-state index is 0.105. The number of hydrogen-bond acceptors (Lipinski definition) is 4. The summed E-state index contributed by atoms with van der Waals surface area (Å²) in [7, 11) is 0. The van der Waals surface area contributed by atoms with E-state index in [0.29, 0.717) is 25.6 Å². The van der Waals surface area contributed by atoms with Gasteiger partial charge in [0.1, 0.15) is 0 Å². The largest absolute Gasteiger partial charge is 0.379 e. The molecule has 2 heterocycles. The molecule has 23 heavy (non-hydrogen) atoms. The summed E-state index contributed by atoms with van der Waals surface area (Å²) in [5.74, 6) is 0.536. The fourth-order valence-electron chi connectivity index (χ4n) is 2.97. The van der Waals surface area contributed by atoms with E-state index in [2.05, 4.69) is 26.5 Å². The Morgan fingerprint density at radius 1 is 1.57 bits per heavy atom. The molecule has 2 rings (SSSR count). The van der Waals surface area contributed by atoms with Gasteiger partial charge in [0.25, 0.3) is 0 Å². The van der Waals surface area contributed by atoms with E-state index in [9.17, 15) is 4.79 Å². The van der Waals surface area contributed by atoms with Crippen molar-refractivity contribution in [1.82, 2.24) is 20.4 Å². The van der Waals surface area contributed by atoms with Crippen molar-refractivity contribution in [1.29, 1.82) is 0 Å². The van der Waals surface area contributed by atoms with Crippen LogP contribution >= 0.6 is 0 Å². The van der Waals surface area contributed by atoms with E-state index in [-0.39, 0.29) is 12.0 Å². The fourth-order valence-corrected chi connectivity index (χ4v) is 2.97. The van der Waals surface area contributed by atoms with Crippen molar-refractivity contribution in [2.75, 3.05) is 32.8 Å². The van der Waals surface area contributed by atoms with Gasteiger partial charge in [0, 0.05) is 31.3 Å². The van der Waals surface area contributed by atoms with Crippen LogP contribution in [0.2, 0.25) is 0 Å². The Kier molecular flexibility index (Phi) is 7.05. The summed E-state index contributed by atoms with van der Waals surface area (Å²) in [6.45, 7) is 9.82. The summed E-state index contributed by atoms with van der Waals surface area (Å²) in [4.78, 5) is 14.3. The molecule has 1 saturated heterocycles. The third-order valence-electron chi connectivity index (χ3n) is 4.11. The van der Waals surface area contributed by atoms with Crippen LogP contribution in [0.15, 0.2) is 6.07 Å². The number of carbonyl (C=O) groups excluding carboxylic acids is 1. The Morgan fingerprint density at radius 2 is 2.39 bits per heavy atom. The van der Waals surface area contributed by atoms with Crippen molar-refractivity contribution in [3.05, 3.63) is 17.5 Å². The number of carbonyl (C=O) groups is 1. The van der Waals surface area contributed by atoms with Gasteiger partial charge in [0.2, 0.25) is 5.91 Å². The summed E-state index contributed by atoms with van der Waals surface area (Å²) in [5.41, 5.74) is 2.22. The Labute approximate surface area is 139 Å². The molecule has 1 fully saturated rings. The first-order chi connectivity index (χ1) is 11.0. The van der Waals surface area contributed by atoms with E-state index in [1.807, 2.05) is 20.8 Å². The number of ether oxygens (including phenoxy) is 1. The number of nitrogens with zero attached hydrogens (tertiary/aromatic N) is 2. The zero-order chi connectivity index (χ0) is 16.7. The molecule has 1 aromatic rings. The SMILES string of the molecule is Cc1cc(C2CCCN(CC(=O)NCCCOC(C)C)C2)n[nH]1. The molecule has 0 aliphatic carbocycles. The van der Waals surface area contributed by atoms with Gasteiger partial charge in [-0.2, -0.15) is 5.10 Å². The second-order valence-corrected chi connectivity index (χ2v) is 6.67. The number of hydrogen-bond donors (Lipinski definition) is 2. The number of nitrogens with one attached hydrogen (secondary N) is 2. The van der Waals surface area contributed by atoms with Crippen molar-refractivity contribution < 1.29 is 9.53 Å². The highest BCUT2D eigenvalue weighted by Gasteiger charge is 2.24. The van der Waals surface area contributed by atoms with Gasteiger partial charge in [-0.25, -0.2) is 0 Å². The predicted octanol–water partition coefficient (Wildman–Crippen LogP) is 1.83. The average Bonchev–Trinajstić information content (AvgIpc) is 2.93. The second kappa shape index (κ2) is 9.03. The van der Waals surface area contributed by atoms with E-state index in [4.69, 9.17) is 4.74 Å². The number of piperidine rings is 1. The van der Waals surface area contributed by atoms with Crippen molar-refractivity contribution in [2.24, 2.45) is 0 Å². The first-order valence-corrected chi connectivity index (χ1v) is 8.67. The van der Waals surface area contributed by atoms with Crippen LogP contribution in [-0.2, 0) is 9.53 Å². The molecular weight excluding hydrogens is 292 g/mol. The molecule has 130 valence electrons. The normalized spacial score (nSPS) is 19.2. The summed E-state index contributed by atoms with van der Waals surface area (Å²) in [6.07, 6.45) is 3.38. The fraction of sp³-hybridized carbons (Fsp3) is 0.765. The molecule has 6 heteroatoms. The molecule has 0 bridgehead atoms. The Morgan fingerprint density at radius 3 is 3.09 bits per heavy atom. The zero-order valence-corrected chi connectivity index (χ0v) is 14.6. The van der Waals surface area contributed by atoms with Gasteiger partial charge < -0.3 is 10.1 Å². The molecule has 0 radical (unpaired) electrons. The molecule has 1 aliphatic heterocycles. The molecule has 0 saturated carbocycles. The van der Waals surface area contributed by atoms with E-state index in [1.165, 1.54) is 0 Å². The Balaban J connectivity index is 1.67. The average molecular weight is 322 g/mol. The summed E-state index contributed by atoms with van der Waals surface area (Å²) < 4.78 is 5.47. The number of aromatic nitrogens is 2. The summed E-state index contributed by atoms with van der Waals surface area (Å²) in [6, 6.07) is 2.11. The molecule has 2 N–H and O–H groups in total. The molecule has 0 aromatic carbocycles. The summed E-state index contributed by atoms with van der Waals surface area (Å²) in [5, 5.41) is 10.4. The lowest BCUT2D eigenvalue weighted by Gasteiger charge is -2.31. The third-order valence-corrected chi connectivity index (χ3v) is 4.11. The third kappa shape index (κ3) is 6.31. The van der Waals surface area contributed by atoms with Gasteiger partial charge in [-0.1, -0.05) is 0 Å². The zero-order valence-electron chi connectivity index (χ0n) is 14.6. The molecule has 0 spiro atoms. The van der Waals surface area contributed by atoms with Crippen molar-refractivity contribution >= 4 is 5.91 Å². The van der Waals surface area contributed by atoms with Gasteiger partial charge in [-0.3, -0.25) is 14.8 Å². The number of amides is 1. The molecule has 1 aromatic heterocycles. The predicted molar refractivity (Wildman–Crippen MR) is 90.5 cm³/mol. The minimum Gasteiger partial charge on any atom is -0.379 e. The maximum absolute atomic E-state index is 12.0. The smallest absolute Gasteiger partial charge is 0.234 e. The van der Waals surface area contributed by atoms with Crippen LogP contribution in [0.5, 0.6) is 0 Å². The molecule has 1 unspecified atom stereocenters. The van der Waals surface area contributed by atoms with Gasteiger partial charge in [-0.15, -0.1) is 0 Å². The number of H-pyrrole nitrogens is 1. The Bertz CT molecular complexity index is 487. The van der Waals surface area contributed by atoms with Gasteiger partial charge in [0.05, 0.1) is 18.3 Å². The molecule has 6 nitrogen and oxygen atoms in total. The first kappa shape index (κ1) is 17.9. The van der Waals surface area contributed by atoms with Crippen LogP contribution in [0.3, 0.4) is 0 Å². The van der Waals surface area contributed by atoms with Gasteiger partial charge in [-0.05, 0) is 52.6 Å². The maximum atomic E-state index is 12.0. The van der Waals surface area contributed by atoms with Crippen molar-refractivity contribution in [3.63, 3.8) is 0 Å². The van der Waals surface area contributed by atoms with E-state index < -0.39 is 0 Å². The lowest BCUT2D eigenvalue weighted by atomic mass is 9.94. The second-order valence-electron chi connectivity index (χ2n) is 6.67. The van der Waals surface area contributed by atoms with Gasteiger partial charge >= 0.3 is 0 Å². The highest BCUT2D eigenvalue weighted by molar-refractivity contribution is 5.78. The lowest BCUT2D eigenvalue weighted by Crippen LogP contribution is -2.42. The minimum absolute atomic E-state index is 0.105. The van der Waals surface area contributed by atoms with Crippen LogP contribution in [-0.4, -0.2) is 59.9 Å².